The highest BCUT2D eigenvalue weighted by atomic mass is 16.3. The summed E-state index contributed by atoms with van der Waals surface area (Å²) in [5, 5.41) is 9.78. The summed E-state index contributed by atoms with van der Waals surface area (Å²) in [5.41, 5.74) is 4.46. The van der Waals surface area contributed by atoms with Gasteiger partial charge in [-0.25, -0.2) is 0 Å². The Morgan fingerprint density at radius 2 is 2.00 bits per heavy atom. The molecule has 0 fully saturated rings. The fourth-order valence-corrected chi connectivity index (χ4v) is 2.66. The second-order valence-electron chi connectivity index (χ2n) is 5.11. The van der Waals surface area contributed by atoms with Crippen LogP contribution in [0.15, 0.2) is 18.2 Å². The van der Waals surface area contributed by atoms with Crippen LogP contribution in [0.5, 0.6) is 0 Å². The highest BCUT2D eigenvalue weighted by Crippen LogP contribution is 2.24. The first kappa shape index (κ1) is 11.7. The molecule has 0 heterocycles. The van der Waals surface area contributed by atoms with Crippen molar-refractivity contribution in [2.24, 2.45) is 5.92 Å². The summed E-state index contributed by atoms with van der Waals surface area (Å²) >= 11 is 0. The number of benzene rings is 1. The predicted molar refractivity (Wildman–Crippen MR) is 67.6 cm³/mol. The third-order valence-corrected chi connectivity index (χ3v) is 3.80. The van der Waals surface area contributed by atoms with Crippen LogP contribution < -0.4 is 0 Å². The number of hydrogen-bond donors (Lipinski definition) is 1. The van der Waals surface area contributed by atoms with Crippen molar-refractivity contribution < 1.29 is 5.11 Å². The Balaban J connectivity index is 2.05. The number of aryl methyl sites for hydroxylation is 2. The van der Waals surface area contributed by atoms with E-state index >= 15 is 0 Å². The molecule has 0 saturated heterocycles. The van der Waals surface area contributed by atoms with Gasteiger partial charge in [0.15, 0.2) is 0 Å². The van der Waals surface area contributed by atoms with Crippen molar-refractivity contribution in [1.29, 1.82) is 0 Å². The Hall–Kier alpha value is -0.820. The number of aliphatic hydroxyl groups is 1. The van der Waals surface area contributed by atoms with Gasteiger partial charge in [0.05, 0.1) is 6.10 Å². The average molecular weight is 218 g/mol. The Morgan fingerprint density at radius 3 is 2.75 bits per heavy atom. The highest BCUT2D eigenvalue weighted by molar-refractivity contribution is 5.35. The Morgan fingerprint density at radius 1 is 1.25 bits per heavy atom. The van der Waals surface area contributed by atoms with Gasteiger partial charge in [-0.2, -0.15) is 0 Å². The fraction of sp³-hybridized carbons (Fsp3) is 0.600. The van der Waals surface area contributed by atoms with Crippen LogP contribution in [0.3, 0.4) is 0 Å². The average Bonchev–Trinajstić information content (AvgIpc) is 2.75. The van der Waals surface area contributed by atoms with Gasteiger partial charge in [0.25, 0.3) is 0 Å². The molecule has 2 unspecified atom stereocenters. The van der Waals surface area contributed by atoms with Crippen LogP contribution >= 0.6 is 0 Å². The van der Waals surface area contributed by atoms with Crippen molar-refractivity contribution in [3.63, 3.8) is 0 Å². The minimum absolute atomic E-state index is 0.159. The zero-order valence-electron chi connectivity index (χ0n) is 10.4. The number of rotatable bonds is 4. The van der Waals surface area contributed by atoms with Crippen molar-refractivity contribution in [2.75, 3.05) is 0 Å². The van der Waals surface area contributed by atoms with E-state index in [0.717, 1.165) is 12.8 Å². The number of fused-ring (bicyclic) bond motifs is 1. The number of aliphatic hydroxyl groups excluding tert-OH is 1. The first-order valence-corrected chi connectivity index (χ1v) is 6.49. The largest absolute Gasteiger partial charge is 0.393 e. The van der Waals surface area contributed by atoms with Gasteiger partial charge in [0.1, 0.15) is 0 Å². The van der Waals surface area contributed by atoms with Crippen LogP contribution in [0.1, 0.15) is 43.4 Å². The van der Waals surface area contributed by atoms with Crippen LogP contribution in [0, 0.1) is 5.92 Å². The highest BCUT2D eigenvalue weighted by Gasteiger charge is 2.15. The normalized spacial score (nSPS) is 18.2. The minimum atomic E-state index is -0.159. The van der Waals surface area contributed by atoms with Gasteiger partial charge in [0, 0.05) is 0 Å². The molecule has 0 radical (unpaired) electrons. The predicted octanol–water partition coefficient (Wildman–Crippen LogP) is 3.12. The lowest BCUT2D eigenvalue weighted by Gasteiger charge is -2.17. The second kappa shape index (κ2) is 5.01. The van der Waals surface area contributed by atoms with Gasteiger partial charge in [-0.1, -0.05) is 32.0 Å². The standard InChI is InChI=1S/C15H22O/c1-3-15(16)11(2)9-12-7-8-13-5-4-6-14(13)10-12/h7-8,10-11,15-16H,3-6,9H2,1-2H3. The Bertz CT molecular complexity index is 356. The molecule has 0 aromatic heterocycles. The van der Waals surface area contributed by atoms with Crippen molar-refractivity contribution in [2.45, 2.75) is 52.1 Å². The van der Waals surface area contributed by atoms with Crippen LogP contribution in [0.2, 0.25) is 0 Å². The summed E-state index contributed by atoms with van der Waals surface area (Å²) in [4.78, 5) is 0. The molecule has 2 atom stereocenters. The maximum atomic E-state index is 9.78. The molecule has 1 heteroatoms. The van der Waals surface area contributed by atoms with Gasteiger partial charge in [-0.05, 0) is 54.7 Å². The summed E-state index contributed by atoms with van der Waals surface area (Å²) in [6.45, 7) is 4.19. The number of hydrogen-bond acceptors (Lipinski definition) is 1. The lowest BCUT2D eigenvalue weighted by molar-refractivity contribution is 0.113. The van der Waals surface area contributed by atoms with Crippen LogP contribution in [-0.4, -0.2) is 11.2 Å². The molecule has 1 aliphatic carbocycles. The first-order chi connectivity index (χ1) is 7.70. The first-order valence-electron chi connectivity index (χ1n) is 6.49. The maximum absolute atomic E-state index is 9.78. The molecule has 1 nitrogen and oxygen atoms in total. The Kier molecular flexibility index (Phi) is 3.65. The summed E-state index contributed by atoms with van der Waals surface area (Å²) in [6.07, 6.45) is 5.50. The molecule has 0 amide bonds. The van der Waals surface area contributed by atoms with Gasteiger partial charge in [-0.3, -0.25) is 0 Å². The molecule has 0 aliphatic heterocycles. The quantitative estimate of drug-likeness (QED) is 0.823. The molecule has 0 saturated carbocycles. The smallest absolute Gasteiger partial charge is 0.0566 e. The van der Waals surface area contributed by atoms with Crippen LogP contribution in [0.25, 0.3) is 0 Å². The molecule has 1 aromatic carbocycles. The molecule has 0 bridgehead atoms. The van der Waals surface area contributed by atoms with E-state index in [1.165, 1.54) is 36.0 Å². The van der Waals surface area contributed by atoms with E-state index in [-0.39, 0.29) is 6.10 Å². The lowest BCUT2D eigenvalue weighted by Crippen LogP contribution is -2.18. The van der Waals surface area contributed by atoms with Crippen molar-refractivity contribution in [3.05, 3.63) is 34.9 Å². The van der Waals surface area contributed by atoms with E-state index in [1.807, 2.05) is 6.92 Å². The molecular weight excluding hydrogens is 196 g/mol. The van der Waals surface area contributed by atoms with Gasteiger partial charge < -0.3 is 5.11 Å². The zero-order valence-corrected chi connectivity index (χ0v) is 10.4. The van der Waals surface area contributed by atoms with Crippen molar-refractivity contribution >= 4 is 0 Å². The molecule has 1 N–H and O–H groups in total. The molecule has 1 aromatic rings. The monoisotopic (exact) mass is 218 g/mol. The van der Waals surface area contributed by atoms with E-state index in [2.05, 4.69) is 25.1 Å². The van der Waals surface area contributed by atoms with Crippen molar-refractivity contribution in [3.8, 4) is 0 Å². The van der Waals surface area contributed by atoms with E-state index < -0.39 is 0 Å². The molecule has 1 aliphatic rings. The molecular formula is C15H22O. The molecule has 16 heavy (non-hydrogen) atoms. The van der Waals surface area contributed by atoms with Crippen LogP contribution in [-0.2, 0) is 19.3 Å². The van der Waals surface area contributed by atoms with Gasteiger partial charge >= 0.3 is 0 Å². The third kappa shape index (κ3) is 2.46. The van der Waals surface area contributed by atoms with E-state index in [9.17, 15) is 5.11 Å². The molecule has 88 valence electrons. The zero-order chi connectivity index (χ0) is 11.5. The maximum Gasteiger partial charge on any atom is 0.0566 e. The summed E-state index contributed by atoms with van der Waals surface area (Å²) in [7, 11) is 0. The summed E-state index contributed by atoms with van der Waals surface area (Å²) in [6, 6.07) is 6.87. The lowest BCUT2D eigenvalue weighted by atomic mass is 9.93. The summed E-state index contributed by atoms with van der Waals surface area (Å²) in [5.74, 6) is 0.365. The topological polar surface area (TPSA) is 20.2 Å². The molecule has 0 spiro atoms. The van der Waals surface area contributed by atoms with Crippen molar-refractivity contribution in [1.82, 2.24) is 0 Å². The third-order valence-electron chi connectivity index (χ3n) is 3.80. The fourth-order valence-electron chi connectivity index (χ4n) is 2.66. The Labute approximate surface area is 98.5 Å². The molecule has 2 rings (SSSR count). The van der Waals surface area contributed by atoms with Crippen LogP contribution in [0.4, 0.5) is 0 Å². The SMILES string of the molecule is CCC(O)C(C)Cc1ccc2c(c1)CCC2. The van der Waals surface area contributed by atoms with Gasteiger partial charge in [-0.15, -0.1) is 0 Å². The van der Waals surface area contributed by atoms with Gasteiger partial charge in [0.2, 0.25) is 0 Å². The van der Waals surface area contributed by atoms with E-state index in [1.54, 1.807) is 0 Å². The van der Waals surface area contributed by atoms with E-state index in [0.29, 0.717) is 5.92 Å². The van der Waals surface area contributed by atoms with E-state index in [4.69, 9.17) is 0 Å². The minimum Gasteiger partial charge on any atom is -0.393 e. The second-order valence-corrected chi connectivity index (χ2v) is 5.11. The summed E-state index contributed by atoms with van der Waals surface area (Å²) < 4.78 is 0.